The standard InChI is InChI=1S/C9H19N3O2/c1-12-4-2-3-8(5-12)6-14-7-9(13)11-10/h8H,2-7,10H2,1H3,(H,11,13). The molecule has 5 heteroatoms. The van der Waals surface area contributed by atoms with Crippen molar-refractivity contribution < 1.29 is 9.53 Å². The molecule has 1 rings (SSSR count). The minimum Gasteiger partial charge on any atom is -0.371 e. The Morgan fingerprint density at radius 1 is 1.71 bits per heavy atom. The lowest BCUT2D eigenvalue weighted by Gasteiger charge is -2.29. The van der Waals surface area contributed by atoms with E-state index in [-0.39, 0.29) is 12.5 Å². The third kappa shape index (κ3) is 4.04. The van der Waals surface area contributed by atoms with Gasteiger partial charge in [0, 0.05) is 6.54 Å². The van der Waals surface area contributed by atoms with Gasteiger partial charge >= 0.3 is 0 Å². The Bertz CT molecular complexity index is 187. The minimum atomic E-state index is -0.269. The molecule has 5 nitrogen and oxygen atoms in total. The molecule has 1 heterocycles. The number of nitrogens with one attached hydrogen (secondary N) is 1. The van der Waals surface area contributed by atoms with Crippen LogP contribution in [0.1, 0.15) is 12.8 Å². The van der Waals surface area contributed by atoms with Gasteiger partial charge in [-0.1, -0.05) is 0 Å². The Kier molecular flexibility index (Phi) is 4.86. The molecule has 1 amide bonds. The zero-order chi connectivity index (χ0) is 10.4. The van der Waals surface area contributed by atoms with Crippen molar-refractivity contribution in [2.75, 3.05) is 33.4 Å². The molecule has 1 saturated heterocycles. The second-order valence-corrected chi connectivity index (χ2v) is 3.85. The average Bonchev–Trinajstić information content (AvgIpc) is 2.17. The molecule has 0 aliphatic carbocycles. The molecule has 14 heavy (non-hydrogen) atoms. The summed E-state index contributed by atoms with van der Waals surface area (Å²) < 4.78 is 5.26. The van der Waals surface area contributed by atoms with Crippen LogP contribution in [0.5, 0.6) is 0 Å². The Hall–Kier alpha value is -0.650. The highest BCUT2D eigenvalue weighted by Crippen LogP contribution is 2.14. The summed E-state index contributed by atoms with van der Waals surface area (Å²) in [5, 5.41) is 0. The van der Waals surface area contributed by atoms with E-state index in [0.717, 1.165) is 6.54 Å². The maximum atomic E-state index is 10.7. The van der Waals surface area contributed by atoms with E-state index in [9.17, 15) is 4.79 Å². The van der Waals surface area contributed by atoms with Crippen LogP contribution in [0.3, 0.4) is 0 Å². The maximum absolute atomic E-state index is 10.7. The van der Waals surface area contributed by atoms with E-state index in [4.69, 9.17) is 10.6 Å². The van der Waals surface area contributed by atoms with E-state index in [2.05, 4.69) is 11.9 Å². The molecule has 0 aromatic heterocycles. The molecule has 1 aliphatic heterocycles. The van der Waals surface area contributed by atoms with Gasteiger partial charge in [0.1, 0.15) is 6.61 Å². The van der Waals surface area contributed by atoms with Crippen molar-refractivity contribution in [3.05, 3.63) is 0 Å². The SMILES string of the molecule is CN1CCCC(COCC(=O)NN)C1. The number of hydrogen-bond donors (Lipinski definition) is 2. The van der Waals surface area contributed by atoms with E-state index >= 15 is 0 Å². The number of carbonyl (C=O) groups excluding carboxylic acids is 1. The molecule has 0 radical (unpaired) electrons. The van der Waals surface area contributed by atoms with Crippen molar-refractivity contribution in [2.45, 2.75) is 12.8 Å². The normalized spacial score (nSPS) is 23.4. The molecule has 0 spiro atoms. The van der Waals surface area contributed by atoms with Crippen LogP contribution in [0.15, 0.2) is 0 Å². The first-order valence-electron chi connectivity index (χ1n) is 4.98. The van der Waals surface area contributed by atoms with E-state index in [0.29, 0.717) is 12.5 Å². The molecule has 1 unspecified atom stereocenters. The molecule has 3 N–H and O–H groups in total. The fourth-order valence-corrected chi connectivity index (χ4v) is 1.77. The number of rotatable bonds is 4. The summed E-state index contributed by atoms with van der Waals surface area (Å²) in [5.74, 6) is 5.21. The number of nitrogens with zero attached hydrogens (tertiary/aromatic N) is 1. The average molecular weight is 201 g/mol. The maximum Gasteiger partial charge on any atom is 0.259 e. The Morgan fingerprint density at radius 3 is 3.14 bits per heavy atom. The summed E-state index contributed by atoms with van der Waals surface area (Å²) in [6.45, 7) is 2.94. The van der Waals surface area contributed by atoms with Gasteiger partial charge in [0.25, 0.3) is 5.91 Å². The molecule has 1 aliphatic rings. The van der Waals surface area contributed by atoms with Gasteiger partial charge in [0.2, 0.25) is 0 Å². The molecule has 0 aromatic rings. The summed E-state index contributed by atoms with van der Waals surface area (Å²) in [4.78, 5) is 13.0. The van der Waals surface area contributed by atoms with E-state index < -0.39 is 0 Å². The second-order valence-electron chi connectivity index (χ2n) is 3.85. The second kappa shape index (κ2) is 5.95. The van der Waals surface area contributed by atoms with Gasteiger partial charge in [-0.15, -0.1) is 0 Å². The molecular formula is C9H19N3O2. The number of amides is 1. The largest absolute Gasteiger partial charge is 0.371 e. The smallest absolute Gasteiger partial charge is 0.259 e. The highest BCUT2D eigenvalue weighted by Gasteiger charge is 2.17. The molecular weight excluding hydrogens is 182 g/mol. The van der Waals surface area contributed by atoms with Crippen molar-refractivity contribution in [3.63, 3.8) is 0 Å². The number of hydrogen-bond acceptors (Lipinski definition) is 4. The van der Waals surface area contributed by atoms with Crippen molar-refractivity contribution >= 4 is 5.91 Å². The summed E-state index contributed by atoms with van der Waals surface area (Å²) in [6.07, 6.45) is 2.40. The zero-order valence-corrected chi connectivity index (χ0v) is 8.66. The predicted octanol–water partition coefficient (Wildman–Crippen LogP) is -0.665. The Balaban J connectivity index is 2.08. The molecule has 1 fully saturated rings. The van der Waals surface area contributed by atoms with Gasteiger partial charge < -0.3 is 9.64 Å². The number of carbonyl (C=O) groups is 1. The first kappa shape index (κ1) is 11.4. The fourth-order valence-electron chi connectivity index (χ4n) is 1.77. The van der Waals surface area contributed by atoms with Crippen molar-refractivity contribution in [3.8, 4) is 0 Å². The quantitative estimate of drug-likeness (QED) is 0.360. The van der Waals surface area contributed by atoms with Crippen LogP contribution in [0.4, 0.5) is 0 Å². The highest BCUT2D eigenvalue weighted by atomic mass is 16.5. The summed E-state index contributed by atoms with van der Waals surface area (Å²) in [7, 11) is 2.11. The van der Waals surface area contributed by atoms with E-state index in [1.165, 1.54) is 19.4 Å². The molecule has 82 valence electrons. The number of ether oxygens (including phenoxy) is 1. The predicted molar refractivity (Wildman–Crippen MR) is 53.4 cm³/mol. The van der Waals surface area contributed by atoms with Crippen molar-refractivity contribution in [2.24, 2.45) is 11.8 Å². The summed E-state index contributed by atoms with van der Waals surface area (Å²) >= 11 is 0. The van der Waals surface area contributed by atoms with Crippen LogP contribution in [-0.2, 0) is 9.53 Å². The van der Waals surface area contributed by atoms with Gasteiger partial charge in [-0.2, -0.15) is 0 Å². The number of likely N-dealkylation sites (tertiary alicyclic amines) is 1. The van der Waals surface area contributed by atoms with Crippen LogP contribution in [0.2, 0.25) is 0 Å². The van der Waals surface area contributed by atoms with Gasteiger partial charge in [0.05, 0.1) is 6.61 Å². The monoisotopic (exact) mass is 201 g/mol. The Labute approximate surface area is 84.5 Å². The van der Waals surface area contributed by atoms with Crippen molar-refractivity contribution in [1.29, 1.82) is 0 Å². The highest BCUT2D eigenvalue weighted by molar-refractivity contribution is 5.76. The Morgan fingerprint density at radius 2 is 2.50 bits per heavy atom. The first-order valence-corrected chi connectivity index (χ1v) is 4.98. The van der Waals surface area contributed by atoms with Crippen molar-refractivity contribution in [1.82, 2.24) is 10.3 Å². The lowest BCUT2D eigenvalue weighted by atomic mass is 10.00. The van der Waals surface area contributed by atoms with Gasteiger partial charge in [-0.05, 0) is 32.4 Å². The fraction of sp³-hybridized carbons (Fsp3) is 0.889. The molecule has 1 atom stereocenters. The van der Waals surface area contributed by atoms with Crippen LogP contribution in [-0.4, -0.2) is 44.2 Å². The minimum absolute atomic E-state index is 0.0662. The lowest BCUT2D eigenvalue weighted by Crippen LogP contribution is -2.36. The summed E-state index contributed by atoms with van der Waals surface area (Å²) in [5.41, 5.74) is 2.04. The third-order valence-electron chi connectivity index (χ3n) is 2.47. The first-order chi connectivity index (χ1) is 6.72. The molecule has 0 saturated carbocycles. The molecule has 0 bridgehead atoms. The van der Waals surface area contributed by atoms with Gasteiger partial charge in [0.15, 0.2) is 0 Å². The number of hydrazine groups is 1. The topological polar surface area (TPSA) is 67.6 Å². The van der Waals surface area contributed by atoms with Crippen LogP contribution in [0, 0.1) is 5.92 Å². The van der Waals surface area contributed by atoms with Crippen LogP contribution >= 0.6 is 0 Å². The van der Waals surface area contributed by atoms with Gasteiger partial charge in [-0.3, -0.25) is 10.2 Å². The number of nitrogens with two attached hydrogens (primary N) is 1. The summed E-state index contributed by atoms with van der Waals surface area (Å²) in [6, 6.07) is 0. The lowest BCUT2D eigenvalue weighted by molar-refractivity contribution is -0.126. The van der Waals surface area contributed by atoms with Crippen LogP contribution < -0.4 is 11.3 Å². The van der Waals surface area contributed by atoms with Gasteiger partial charge in [-0.25, -0.2) is 5.84 Å². The van der Waals surface area contributed by atoms with Crippen LogP contribution in [0.25, 0.3) is 0 Å². The number of piperidine rings is 1. The third-order valence-corrected chi connectivity index (χ3v) is 2.47. The molecule has 0 aromatic carbocycles. The van der Waals surface area contributed by atoms with E-state index in [1.54, 1.807) is 0 Å². The van der Waals surface area contributed by atoms with E-state index in [1.807, 2.05) is 5.43 Å². The zero-order valence-electron chi connectivity index (χ0n) is 8.66.